The number of rotatable bonds is 6. The molecule has 2 aromatic rings. The van der Waals surface area contributed by atoms with Crippen molar-refractivity contribution in [1.29, 1.82) is 0 Å². The number of nitrogens with one attached hydrogen (secondary N) is 3. The minimum Gasteiger partial charge on any atom is -0.352 e. The lowest BCUT2D eigenvalue weighted by Crippen LogP contribution is -2.28. The minimum absolute atomic E-state index is 0.177. The molecule has 0 aliphatic carbocycles. The fraction of sp³-hybridized carbons (Fsp3) is 0.250. The van der Waals surface area contributed by atoms with E-state index in [0.29, 0.717) is 35.0 Å². The van der Waals surface area contributed by atoms with Crippen LogP contribution in [0.5, 0.6) is 0 Å². The lowest BCUT2D eigenvalue weighted by molar-refractivity contribution is -0.114. The maximum Gasteiger partial charge on any atom is 0.255 e. The van der Waals surface area contributed by atoms with Crippen molar-refractivity contribution in [2.45, 2.75) is 20.8 Å². The van der Waals surface area contributed by atoms with Crippen molar-refractivity contribution in [3.63, 3.8) is 0 Å². The van der Waals surface area contributed by atoms with E-state index >= 15 is 0 Å². The first-order valence-electron chi connectivity index (χ1n) is 8.43. The van der Waals surface area contributed by atoms with E-state index in [1.807, 2.05) is 13.8 Å². The molecule has 0 unspecified atom stereocenters. The van der Waals surface area contributed by atoms with Gasteiger partial charge in [0.25, 0.3) is 11.8 Å². The Morgan fingerprint density at radius 1 is 0.885 bits per heavy atom. The van der Waals surface area contributed by atoms with Gasteiger partial charge in [-0.25, -0.2) is 0 Å². The van der Waals surface area contributed by atoms with Crippen LogP contribution in [-0.4, -0.2) is 24.3 Å². The maximum absolute atomic E-state index is 12.5. The van der Waals surface area contributed by atoms with Crippen molar-refractivity contribution in [3.8, 4) is 0 Å². The van der Waals surface area contributed by atoms with E-state index < -0.39 is 0 Å². The summed E-state index contributed by atoms with van der Waals surface area (Å²) >= 11 is 0. The number of benzene rings is 2. The molecule has 0 bridgehead atoms. The number of hydrogen-bond acceptors (Lipinski definition) is 3. The molecule has 2 rings (SSSR count). The number of hydrogen-bond donors (Lipinski definition) is 3. The topological polar surface area (TPSA) is 87.3 Å². The number of amides is 3. The summed E-state index contributed by atoms with van der Waals surface area (Å²) in [7, 11) is 0. The van der Waals surface area contributed by atoms with Gasteiger partial charge in [0.05, 0.1) is 11.3 Å². The molecule has 0 aromatic heterocycles. The van der Waals surface area contributed by atoms with Gasteiger partial charge in [-0.1, -0.05) is 26.0 Å². The largest absolute Gasteiger partial charge is 0.352 e. The van der Waals surface area contributed by atoms with E-state index in [1.54, 1.807) is 48.5 Å². The quantitative estimate of drug-likeness (QED) is 0.745. The molecule has 0 atom stereocenters. The smallest absolute Gasteiger partial charge is 0.255 e. The molecular weight excluding hydrogens is 330 g/mol. The molecule has 0 heterocycles. The molecular formula is C20H23N3O3. The standard InChI is InChI=1S/C20H23N3O3/c1-13(2)12-21-20(26)17-6-4-5-7-18(17)23-19(25)15-8-10-16(11-9-15)22-14(3)24/h4-11,13H,12H2,1-3H3,(H,21,26)(H,22,24)(H,23,25). The van der Waals surface area contributed by atoms with Crippen molar-refractivity contribution in [2.24, 2.45) is 5.92 Å². The summed E-state index contributed by atoms with van der Waals surface area (Å²) in [5.74, 6) is -0.398. The summed E-state index contributed by atoms with van der Waals surface area (Å²) in [6, 6.07) is 13.4. The molecule has 0 aliphatic heterocycles. The van der Waals surface area contributed by atoms with Crippen LogP contribution in [0.25, 0.3) is 0 Å². The second-order valence-corrected chi connectivity index (χ2v) is 6.36. The fourth-order valence-corrected chi connectivity index (χ4v) is 2.28. The molecule has 6 nitrogen and oxygen atoms in total. The summed E-state index contributed by atoms with van der Waals surface area (Å²) in [6.45, 7) is 6.00. The van der Waals surface area contributed by atoms with Crippen LogP contribution in [0.1, 0.15) is 41.5 Å². The number of anilines is 2. The fourth-order valence-electron chi connectivity index (χ4n) is 2.28. The van der Waals surface area contributed by atoms with Gasteiger partial charge in [-0.15, -0.1) is 0 Å². The van der Waals surface area contributed by atoms with E-state index in [-0.39, 0.29) is 17.7 Å². The molecule has 26 heavy (non-hydrogen) atoms. The van der Waals surface area contributed by atoms with E-state index in [1.165, 1.54) is 6.92 Å². The van der Waals surface area contributed by atoms with Crippen molar-refractivity contribution in [1.82, 2.24) is 5.32 Å². The summed E-state index contributed by atoms with van der Waals surface area (Å²) in [5.41, 5.74) is 1.90. The molecule has 0 aliphatic rings. The van der Waals surface area contributed by atoms with Crippen LogP contribution in [0.4, 0.5) is 11.4 Å². The summed E-state index contributed by atoms with van der Waals surface area (Å²) in [4.78, 5) is 35.8. The van der Waals surface area contributed by atoms with Crippen LogP contribution in [0.2, 0.25) is 0 Å². The van der Waals surface area contributed by atoms with Crippen LogP contribution in [0.3, 0.4) is 0 Å². The number of carbonyl (C=O) groups excluding carboxylic acids is 3. The predicted octanol–water partition coefficient (Wildman–Crippen LogP) is 3.28. The third-order valence-corrected chi connectivity index (χ3v) is 3.56. The summed E-state index contributed by atoms with van der Waals surface area (Å²) < 4.78 is 0. The molecule has 0 saturated heterocycles. The average molecular weight is 353 g/mol. The Morgan fingerprint density at radius 2 is 1.54 bits per heavy atom. The Hall–Kier alpha value is -3.15. The van der Waals surface area contributed by atoms with Gasteiger partial charge in [-0.05, 0) is 42.3 Å². The van der Waals surface area contributed by atoms with Gasteiger partial charge in [0, 0.05) is 24.7 Å². The summed E-state index contributed by atoms with van der Waals surface area (Å²) in [5, 5.41) is 8.26. The lowest BCUT2D eigenvalue weighted by Gasteiger charge is -2.12. The van der Waals surface area contributed by atoms with E-state index in [0.717, 1.165) is 0 Å². The zero-order chi connectivity index (χ0) is 19.1. The molecule has 0 saturated carbocycles. The van der Waals surface area contributed by atoms with Crippen molar-refractivity contribution >= 4 is 29.1 Å². The predicted molar refractivity (Wildman–Crippen MR) is 102 cm³/mol. The van der Waals surface area contributed by atoms with Gasteiger partial charge < -0.3 is 16.0 Å². The van der Waals surface area contributed by atoms with Crippen molar-refractivity contribution < 1.29 is 14.4 Å². The Morgan fingerprint density at radius 3 is 2.15 bits per heavy atom. The van der Waals surface area contributed by atoms with Gasteiger partial charge in [0.2, 0.25) is 5.91 Å². The monoisotopic (exact) mass is 353 g/mol. The molecule has 0 fully saturated rings. The van der Waals surface area contributed by atoms with Crippen LogP contribution in [-0.2, 0) is 4.79 Å². The maximum atomic E-state index is 12.5. The van der Waals surface area contributed by atoms with Crippen LogP contribution >= 0.6 is 0 Å². The first kappa shape index (κ1) is 19.2. The molecule has 136 valence electrons. The highest BCUT2D eigenvalue weighted by Crippen LogP contribution is 2.17. The number of para-hydroxylation sites is 1. The highest BCUT2D eigenvalue weighted by atomic mass is 16.2. The van der Waals surface area contributed by atoms with E-state index in [4.69, 9.17) is 0 Å². The molecule has 3 amide bonds. The van der Waals surface area contributed by atoms with E-state index in [2.05, 4.69) is 16.0 Å². The first-order chi connectivity index (χ1) is 12.4. The second kappa shape index (κ2) is 8.80. The van der Waals surface area contributed by atoms with Crippen LogP contribution < -0.4 is 16.0 Å². The minimum atomic E-state index is -0.330. The Balaban J connectivity index is 2.11. The Kier molecular flexibility index (Phi) is 6.49. The Labute approximate surface area is 153 Å². The van der Waals surface area contributed by atoms with Gasteiger partial charge in [0.15, 0.2) is 0 Å². The van der Waals surface area contributed by atoms with E-state index in [9.17, 15) is 14.4 Å². The van der Waals surface area contributed by atoms with Crippen LogP contribution in [0, 0.1) is 5.92 Å². The van der Waals surface area contributed by atoms with Crippen LogP contribution in [0.15, 0.2) is 48.5 Å². The van der Waals surface area contributed by atoms with Gasteiger partial charge in [0.1, 0.15) is 0 Å². The third kappa shape index (κ3) is 5.44. The molecule has 2 aromatic carbocycles. The zero-order valence-electron chi connectivity index (χ0n) is 15.1. The third-order valence-electron chi connectivity index (χ3n) is 3.56. The average Bonchev–Trinajstić information content (AvgIpc) is 2.60. The molecule has 3 N–H and O–H groups in total. The van der Waals surface area contributed by atoms with Gasteiger partial charge in [-0.3, -0.25) is 14.4 Å². The van der Waals surface area contributed by atoms with Gasteiger partial charge in [-0.2, -0.15) is 0 Å². The van der Waals surface area contributed by atoms with Crippen molar-refractivity contribution in [2.75, 3.05) is 17.2 Å². The normalized spacial score (nSPS) is 10.3. The lowest BCUT2D eigenvalue weighted by atomic mass is 10.1. The van der Waals surface area contributed by atoms with Gasteiger partial charge >= 0.3 is 0 Å². The SMILES string of the molecule is CC(=O)Nc1ccc(C(=O)Nc2ccccc2C(=O)NCC(C)C)cc1. The Bertz CT molecular complexity index is 798. The zero-order valence-corrected chi connectivity index (χ0v) is 15.1. The van der Waals surface area contributed by atoms with Crippen molar-refractivity contribution in [3.05, 3.63) is 59.7 Å². The first-order valence-corrected chi connectivity index (χ1v) is 8.43. The highest BCUT2D eigenvalue weighted by Gasteiger charge is 2.14. The summed E-state index contributed by atoms with van der Waals surface area (Å²) in [6.07, 6.45) is 0. The molecule has 0 spiro atoms. The second-order valence-electron chi connectivity index (χ2n) is 6.36. The molecule has 0 radical (unpaired) electrons. The number of carbonyl (C=O) groups is 3. The highest BCUT2D eigenvalue weighted by molar-refractivity contribution is 6.09. The molecule has 6 heteroatoms.